The second-order valence-corrected chi connectivity index (χ2v) is 8.61. The van der Waals surface area contributed by atoms with Crippen molar-refractivity contribution in [3.8, 4) is 45.8 Å². The number of para-hydroxylation sites is 2. The summed E-state index contributed by atoms with van der Waals surface area (Å²) in [5.74, 6) is -1.04. The van der Waals surface area contributed by atoms with Crippen LogP contribution >= 0.6 is 0 Å². The highest BCUT2D eigenvalue weighted by molar-refractivity contribution is 6.14. The van der Waals surface area contributed by atoms with Crippen LogP contribution in [0.3, 0.4) is 0 Å². The van der Waals surface area contributed by atoms with E-state index < -0.39 is 11.2 Å². The van der Waals surface area contributed by atoms with E-state index >= 15 is 0 Å². The number of Topliss-reactive ketones (excluding diaryl/α,β-unsaturated/α-hetero) is 1. The van der Waals surface area contributed by atoms with E-state index in [0.29, 0.717) is 22.5 Å². The number of hydrogen-bond acceptors (Lipinski definition) is 9. The van der Waals surface area contributed by atoms with Crippen molar-refractivity contribution in [2.75, 3.05) is 0 Å². The predicted octanol–water partition coefficient (Wildman–Crippen LogP) is 5.57. The summed E-state index contributed by atoms with van der Waals surface area (Å²) in [6, 6.07) is 21.8. The summed E-state index contributed by atoms with van der Waals surface area (Å²) in [7, 11) is 0. The summed E-state index contributed by atoms with van der Waals surface area (Å²) in [4.78, 5) is 35.4. The molecule has 9 heteroatoms. The fourth-order valence-corrected chi connectivity index (χ4v) is 4.12. The number of carbonyl (C=O) groups excluding carboxylic acids is 1. The average molecular weight is 522 g/mol. The van der Waals surface area contributed by atoms with Gasteiger partial charge in [-0.05, 0) is 60.7 Å². The van der Waals surface area contributed by atoms with E-state index in [4.69, 9.17) is 18.9 Å². The first-order valence-electron chi connectivity index (χ1n) is 11.7. The topological polar surface area (TPSA) is 136 Å². The number of benzene rings is 4. The van der Waals surface area contributed by atoms with Crippen molar-refractivity contribution >= 4 is 22.8 Å². The molecule has 0 fully saturated rings. The smallest absolute Gasteiger partial charge is 0.235 e. The number of aromatic hydroxyl groups is 3. The van der Waals surface area contributed by atoms with Crippen molar-refractivity contribution in [2.45, 2.75) is 0 Å². The lowest BCUT2D eigenvalue weighted by molar-refractivity contribution is -0.102. The molecule has 0 bridgehead atoms. The molecule has 0 saturated carbocycles. The van der Waals surface area contributed by atoms with Crippen molar-refractivity contribution in [2.24, 2.45) is 0 Å². The molecule has 1 aliphatic rings. The number of rotatable bonds is 5. The fourth-order valence-electron chi connectivity index (χ4n) is 4.12. The van der Waals surface area contributed by atoms with E-state index in [-0.39, 0.29) is 51.3 Å². The Labute approximate surface area is 219 Å². The molecule has 0 amide bonds. The van der Waals surface area contributed by atoms with Crippen LogP contribution in [-0.2, 0) is 0 Å². The standard InChI is InChI=1S/C30H18O9/c31-21-15-25(22(32)13-17(21)14-26-27(33)19-5-1-3-7-23(19)36-26)39-38-18-11-9-16(10-12-18)30-29(35)28(34)20-6-2-4-8-24(20)37-30/h1-15,31-32,35H/b26-14-. The minimum atomic E-state index is -0.543. The van der Waals surface area contributed by atoms with E-state index in [1.54, 1.807) is 60.7 Å². The molecule has 4 aromatic carbocycles. The van der Waals surface area contributed by atoms with Crippen LogP contribution in [0.1, 0.15) is 15.9 Å². The maximum atomic E-state index is 12.5. The number of ether oxygens (including phenoxy) is 1. The van der Waals surface area contributed by atoms with Crippen LogP contribution in [0.25, 0.3) is 28.4 Å². The molecule has 0 aliphatic carbocycles. The van der Waals surface area contributed by atoms with Crippen molar-refractivity contribution in [3.05, 3.63) is 112 Å². The quantitative estimate of drug-likeness (QED) is 0.117. The first-order valence-corrected chi connectivity index (χ1v) is 11.7. The number of carbonyl (C=O) groups is 1. The maximum absolute atomic E-state index is 12.5. The van der Waals surface area contributed by atoms with Gasteiger partial charge in [0.05, 0.1) is 10.9 Å². The maximum Gasteiger partial charge on any atom is 0.235 e. The molecule has 0 atom stereocenters. The largest absolute Gasteiger partial charge is 0.507 e. The molecule has 9 nitrogen and oxygen atoms in total. The van der Waals surface area contributed by atoms with Gasteiger partial charge in [0, 0.05) is 17.2 Å². The number of fused-ring (bicyclic) bond motifs is 2. The van der Waals surface area contributed by atoms with Crippen molar-refractivity contribution in [1.29, 1.82) is 0 Å². The zero-order valence-corrected chi connectivity index (χ0v) is 20.0. The van der Waals surface area contributed by atoms with Crippen LogP contribution in [0.15, 0.2) is 99.9 Å². The van der Waals surface area contributed by atoms with Crippen LogP contribution in [0.4, 0.5) is 0 Å². The van der Waals surface area contributed by atoms with Gasteiger partial charge in [0.15, 0.2) is 23.0 Å². The number of allylic oxidation sites excluding steroid dienone is 1. The molecule has 0 radical (unpaired) electrons. The Morgan fingerprint density at radius 3 is 2.31 bits per heavy atom. The highest BCUT2D eigenvalue weighted by atomic mass is 17.2. The number of phenolic OH excluding ortho intramolecular Hbond substituents is 2. The van der Waals surface area contributed by atoms with E-state index in [0.717, 1.165) is 6.07 Å². The first-order chi connectivity index (χ1) is 18.9. The highest BCUT2D eigenvalue weighted by Gasteiger charge is 2.27. The Hall–Kier alpha value is -5.70. The van der Waals surface area contributed by atoms with Gasteiger partial charge in [-0.2, -0.15) is 0 Å². The monoisotopic (exact) mass is 522 g/mol. The van der Waals surface area contributed by atoms with Crippen LogP contribution in [-0.4, -0.2) is 21.1 Å². The molecule has 5 aromatic rings. The Bertz CT molecular complexity index is 1850. The van der Waals surface area contributed by atoms with E-state index in [1.807, 2.05) is 0 Å². The lowest BCUT2D eigenvalue weighted by Crippen LogP contribution is -2.03. The van der Waals surface area contributed by atoms with Crippen molar-refractivity contribution in [1.82, 2.24) is 0 Å². The SMILES string of the molecule is O=C1/C(=C/c2cc(O)c(OOc3ccc(-c4oc5ccccc5c(=O)c4O)cc3)cc2O)Oc2ccccc21. The van der Waals surface area contributed by atoms with Gasteiger partial charge in [0.25, 0.3) is 0 Å². The summed E-state index contributed by atoms with van der Waals surface area (Å²) in [6.45, 7) is 0. The van der Waals surface area contributed by atoms with E-state index in [1.165, 1.54) is 24.3 Å². The minimum absolute atomic E-state index is 0.00388. The molecule has 39 heavy (non-hydrogen) atoms. The van der Waals surface area contributed by atoms with Gasteiger partial charge < -0.3 is 24.5 Å². The molecule has 0 spiro atoms. The normalized spacial score (nSPS) is 13.3. The summed E-state index contributed by atoms with van der Waals surface area (Å²) in [5, 5.41) is 31.5. The summed E-state index contributed by atoms with van der Waals surface area (Å²) >= 11 is 0. The third-order valence-electron chi connectivity index (χ3n) is 6.09. The fraction of sp³-hybridized carbons (Fsp3) is 0. The Morgan fingerprint density at radius 1 is 0.769 bits per heavy atom. The summed E-state index contributed by atoms with van der Waals surface area (Å²) in [5.41, 5.74) is 0.758. The van der Waals surface area contributed by atoms with Crippen LogP contribution in [0.5, 0.6) is 34.5 Å². The predicted molar refractivity (Wildman–Crippen MR) is 140 cm³/mol. The molecule has 2 heterocycles. The summed E-state index contributed by atoms with van der Waals surface area (Å²) in [6.07, 6.45) is 1.32. The zero-order valence-electron chi connectivity index (χ0n) is 20.0. The second kappa shape index (κ2) is 9.31. The Balaban J connectivity index is 1.19. The molecule has 3 N–H and O–H groups in total. The molecule has 192 valence electrons. The van der Waals surface area contributed by atoms with Crippen LogP contribution < -0.4 is 19.9 Å². The summed E-state index contributed by atoms with van der Waals surface area (Å²) < 4.78 is 11.3. The third kappa shape index (κ3) is 4.27. The highest BCUT2D eigenvalue weighted by Crippen LogP contribution is 2.38. The van der Waals surface area contributed by atoms with Crippen LogP contribution in [0, 0.1) is 0 Å². The molecule has 0 saturated heterocycles. The lowest BCUT2D eigenvalue weighted by atomic mass is 10.1. The second-order valence-electron chi connectivity index (χ2n) is 8.61. The Kier molecular flexibility index (Phi) is 5.65. The number of ketones is 1. The number of phenols is 2. The van der Waals surface area contributed by atoms with Crippen molar-refractivity contribution in [3.63, 3.8) is 0 Å². The van der Waals surface area contributed by atoms with Gasteiger partial charge in [0.1, 0.15) is 17.1 Å². The van der Waals surface area contributed by atoms with E-state index in [9.17, 15) is 24.9 Å². The first kappa shape index (κ1) is 23.7. The zero-order chi connectivity index (χ0) is 27.1. The van der Waals surface area contributed by atoms with Gasteiger partial charge in [-0.3, -0.25) is 19.4 Å². The molecule has 6 rings (SSSR count). The lowest BCUT2D eigenvalue weighted by Gasteiger charge is -2.10. The molecule has 0 unspecified atom stereocenters. The molecule has 1 aliphatic heterocycles. The van der Waals surface area contributed by atoms with Gasteiger partial charge in [-0.15, -0.1) is 0 Å². The molecular formula is C30H18O9. The molecular weight excluding hydrogens is 504 g/mol. The van der Waals surface area contributed by atoms with Crippen LogP contribution in [0.2, 0.25) is 0 Å². The van der Waals surface area contributed by atoms with Crippen molar-refractivity contribution < 1.29 is 39.0 Å². The van der Waals surface area contributed by atoms with Gasteiger partial charge in [-0.25, -0.2) is 0 Å². The van der Waals surface area contributed by atoms with Gasteiger partial charge in [-0.1, -0.05) is 24.3 Å². The minimum Gasteiger partial charge on any atom is -0.507 e. The number of hydrogen-bond donors (Lipinski definition) is 3. The van der Waals surface area contributed by atoms with E-state index in [2.05, 4.69) is 0 Å². The Morgan fingerprint density at radius 2 is 1.51 bits per heavy atom. The van der Waals surface area contributed by atoms with Gasteiger partial charge >= 0.3 is 0 Å². The molecule has 1 aromatic heterocycles. The third-order valence-corrected chi connectivity index (χ3v) is 6.09. The average Bonchev–Trinajstić information content (AvgIpc) is 3.27. The van der Waals surface area contributed by atoms with Gasteiger partial charge in [0.2, 0.25) is 22.7 Å².